The molecule has 3 aliphatic rings. The Kier molecular flexibility index (Phi) is 6.25. The molecule has 0 aromatic heterocycles. The minimum absolute atomic E-state index is 0.204. The number of piperidine rings is 2. The van der Waals surface area contributed by atoms with E-state index in [1.807, 2.05) is 38.7 Å². The van der Waals surface area contributed by atoms with Crippen molar-refractivity contribution >= 4 is 12.1 Å². The smallest absolute Gasteiger partial charge is 0.410 e. The highest BCUT2D eigenvalue weighted by Crippen LogP contribution is 2.42. The molecule has 7 nitrogen and oxygen atoms in total. The van der Waals surface area contributed by atoms with E-state index in [9.17, 15) is 14.7 Å². The Morgan fingerprint density at radius 2 is 1.78 bits per heavy atom. The molecule has 1 unspecified atom stereocenters. The first kappa shape index (κ1) is 23.1. The maximum atomic E-state index is 12.4. The molecule has 1 N–H and O–H groups in total. The lowest BCUT2D eigenvalue weighted by molar-refractivity contribution is -0.00711. The minimum Gasteiger partial charge on any atom is -0.457 e. The molecule has 2 fully saturated rings. The lowest BCUT2D eigenvalue weighted by atomic mass is 9.71. The fraction of sp³-hybridized carbons (Fsp3) is 0.680. The number of carbonyl (C=O) groups is 2. The van der Waals surface area contributed by atoms with Gasteiger partial charge in [0.05, 0.1) is 11.7 Å². The van der Waals surface area contributed by atoms with Gasteiger partial charge in [0.15, 0.2) is 0 Å². The molecule has 1 amide bonds. The van der Waals surface area contributed by atoms with Crippen LogP contribution in [0, 0.1) is 12.3 Å². The van der Waals surface area contributed by atoms with E-state index in [1.54, 1.807) is 6.07 Å². The summed E-state index contributed by atoms with van der Waals surface area (Å²) >= 11 is 0. The van der Waals surface area contributed by atoms with Crippen LogP contribution in [0.1, 0.15) is 79.6 Å². The van der Waals surface area contributed by atoms with Gasteiger partial charge in [-0.15, -0.1) is 0 Å². The molecule has 1 atom stereocenters. The number of aliphatic hydroxyl groups excluding tert-OH is 1. The van der Waals surface area contributed by atoms with Gasteiger partial charge in [-0.25, -0.2) is 9.59 Å². The van der Waals surface area contributed by atoms with Crippen LogP contribution in [0.5, 0.6) is 0 Å². The van der Waals surface area contributed by atoms with Crippen LogP contribution in [0.2, 0.25) is 0 Å². The Labute approximate surface area is 190 Å². The summed E-state index contributed by atoms with van der Waals surface area (Å²) in [6.45, 7) is 12.0. The van der Waals surface area contributed by atoms with Gasteiger partial charge >= 0.3 is 12.1 Å². The molecule has 4 rings (SSSR count). The molecule has 3 aliphatic heterocycles. The number of ether oxygens (including phenoxy) is 2. The summed E-state index contributed by atoms with van der Waals surface area (Å²) in [7, 11) is 0. The SMILES string of the molecule is Cc1c(C(O)CN2CCC3(CC2)CCN(C(=O)OC(C)(C)C)CC3)ccc2c1COC2=O. The third-order valence-corrected chi connectivity index (χ3v) is 7.39. The van der Waals surface area contributed by atoms with Gasteiger partial charge in [0.25, 0.3) is 0 Å². The van der Waals surface area contributed by atoms with Crippen molar-refractivity contribution in [2.75, 3.05) is 32.7 Å². The van der Waals surface area contributed by atoms with E-state index in [-0.39, 0.29) is 12.1 Å². The molecule has 0 saturated carbocycles. The van der Waals surface area contributed by atoms with Crippen molar-refractivity contribution in [2.24, 2.45) is 5.41 Å². The maximum Gasteiger partial charge on any atom is 0.410 e. The molecule has 0 bridgehead atoms. The van der Waals surface area contributed by atoms with E-state index < -0.39 is 11.7 Å². The second-order valence-corrected chi connectivity index (χ2v) is 10.7. The molecule has 1 spiro atoms. The van der Waals surface area contributed by atoms with E-state index in [1.165, 1.54) is 0 Å². The monoisotopic (exact) mass is 444 g/mol. The van der Waals surface area contributed by atoms with Crippen LogP contribution < -0.4 is 0 Å². The van der Waals surface area contributed by atoms with Gasteiger partial charge in [0.2, 0.25) is 0 Å². The normalized spacial score (nSPS) is 21.9. The summed E-state index contributed by atoms with van der Waals surface area (Å²) in [5, 5.41) is 10.9. The zero-order valence-corrected chi connectivity index (χ0v) is 19.8. The highest BCUT2D eigenvalue weighted by atomic mass is 16.6. The van der Waals surface area contributed by atoms with Crippen LogP contribution in [0.3, 0.4) is 0 Å². The topological polar surface area (TPSA) is 79.3 Å². The van der Waals surface area contributed by atoms with Crippen LogP contribution >= 0.6 is 0 Å². The summed E-state index contributed by atoms with van der Waals surface area (Å²) in [4.78, 5) is 28.3. The van der Waals surface area contributed by atoms with E-state index in [0.717, 1.165) is 68.6 Å². The molecule has 1 aromatic rings. The molecule has 1 aromatic carbocycles. The van der Waals surface area contributed by atoms with Crippen LogP contribution in [-0.4, -0.2) is 65.3 Å². The molecule has 32 heavy (non-hydrogen) atoms. The Morgan fingerprint density at radius 3 is 2.41 bits per heavy atom. The van der Waals surface area contributed by atoms with E-state index >= 15 is 0 Å². The summed E-state index contributed by atoms with van der Waals surface area (Å²) < 4.78 is 10.7. The first-order valence-electron chi connectivity index (χ1n) is 11.7. The lowest BCUT2D eigenvalue weighted by Gasteiger charge is -2.47. The predicted octanol–water partition coefficient (Wildman–Crippen LogP) is 3.81. The van der Waals surface area contributed by atoms with Crippen molar-refractivity contribution in [3.05, 3.63) is 34.4 Å². The van der Waals surface area contributed by atoms with Gasteiger partial charge in [-0.2, -0.15) is 0 Å². The zero-order chi connectivity index (χ0) is 23.1. The number of esters is 1. The molecule has 7 heteroatoms. The number of cyclic esters (lactones) is 1. The van der Waals surface area contributed by atoms with Gasteiger partial charge < -0.3 is 24.4 Å². The van der Waals surface area contributed by atoms with E-state index in [4.69, 9.17) is 9.47 Å². The molecular formula is C25H36N2O5. The summed E-state index contributed by atoms with van der Waals surface area (Å²) in [6, 6.07) is 3.64. The molecule has 0 aliphatic carbocycles. The summed E-state index contributed by atoms with van der Waals surface area (Å²) in [6.07, 6.45) is 3.42. The number of aliphatic hydroxyl groups is 1. The fourth-order valence-electron chi connectivity index (χ4n) is 5.27. The average molecular weight is 445 g/mol. The molecule has 176 valence electrons. The zero-order valence-electron chi connectivity index (χ0n) is 19.8. The Hall–Kier alpha value is -2.12. The third-order valence-electron chi connectivity index (χ3n) is 7.39. The van der Waals surface area contributed by atoms with Crippen LogP contribution in [-0.2, 0) is 16.1 Å². The first-order chi connectivity index (χ1) is 15.1. The summed E-state index contributed by atoms with van der Waals surface area (Å²) in [5.41, 5.74) is 3.20. The molecule has 3 heterocycles. The third kappa shape index (κ3) is 4.79. The van der Waals surface area contributed by atoms with Gasteiger partial charge in [0, 0.05) is 25.2 Å². The number of amides is 1. The number of benzene rings is 1. The van der Waals surface area contributed by atoms with Crippen LogP contribution in [0.4, 0.5) is 4.79 Å². The number of fused-ring (bicyclic) bond motifs is 1. The average Bonchev–Trinajstić information content (AvgIpc) is 3.11. The highest BCUT2D eigenvalue weighted by Gasteiger charge is 2.39. The van der Waals surface area contributed by atoms with E-state index in [2.05, 4.69) is 4.90 Å². The highest BCUT2D eigenvalue weighted by molar-refractivity contribution is 5.93. The van der Waals surface area contributed by atoms with Crippen molar-refractivity contribution in [3.8, 4) is 0 Å². The number of nitrogens with zero attached hydrogens (tertiary/aromatic N) is 2. The van der Waals surface area contributed by atoms with Gasteiger partial charge in [-0.05, 0) is 89.1 Å². The number of β-amino-alcohol motifs (C(OH)–C–C–N with tert-alkyl or cyclic N) is 1. The molecular weight excluding hydrogens is 408 g/mol. The maximum absolute atomic E-state index is 12.4. The Bertz CT molecular complexity index is 873. The number of carbonyl (C=O) groups excluding carboxylic acids is 2. The van der Waals surface area contributed by atoms with Crippen molar-refractivity contribution in [1.82, 2.24) is 9.80 Å². The van der Waals surface area contributed by atoms with Crippen molar-refractivity contribution < 1.29 is 24.2 Å². The quantitative estimate of drug-likeness (QED) is 0.714. The number of likely N-dealkylation sites (tertiary alicyclic amines) is 2. The Morgan fingerprint density at radius 1 is 1.16 bits per heavy atom. The molecule has 0 radical (unpaired) electrons. The summed E-state index contributed by atoms with van der Waals surface area (Å²) in [5.74, 6) is -0.275. The van der Waals surface area contributed by atoms with Crippen molar-refractivity contribution in [1.29, 1.82) is 0 Å². The van der Waals surface area contributed by atoms with E-state index in [0.29, 0.717) is 24.1 Å². The van der Waals surface area contributed by atoms with Crippen LogP contribution in [0.15, 0.2) is 12.1 Å². The second-order valence-electron chi connectivity index (χ2n) is 10.7. The number of rotatable bonds is 3. The van der Waals surface area contributed by atoms with Crippen LogP contribution in [0.25, 0.3) is 0 Å². The number of hydrogen-bond donors (Lipinski definition) is 1. The molecule has 2 saturated heterocycles. The standard InChI is InChI=1S/C25H36N2O5/c1-17-18(5-6-19-20(17)16-31-22(19)29)21(28)15-26-11-7-25(8-12-26)9-13-27(14-10-25)23(30)32-24(2,3)4/h5-6,21,28H,7-16H2,1-4H3. The Balaban J connectivity index is 1.29. The predicted molar refractivity (Wildman–Crippen MR) is 120 cm³/mol. The van der Waals surface area contributed by atoms with Gasteiger partial charge in [-0.1, -0.05) is 6.07 Å². The number of hydrogen-bond acceptors (Lipinski definition) is 6. The van der Waals surface area contributed by atoms with Gasteiger partial charge in [-0.3, -0.25) is 0 Å². The van der Waals surface area contributed by atoms with Crippen molar-refractivity contribution in [2.45, 2.75) is 71.7 Å². The minimum atomic E-state index is -0.584. The van der Waals surface area contributed by atoms with Gasteiger partial charge in [0.1, 0.15) is 12.2 Å². The largest absolute Gasteiger partial charge is 0.457 e. The second kappa shape index (κ2) is 8.67. The fourth-order valence-corrected chi connectivity index (χ4v) is 5.27. The first-order valence-corrected chi connectivity index (χ1v) is 11.7. The van der Waals surface area contributed by atoms with Crippen molar-refractivity contribution in [3.63, 3.8) is 0 Å². The lowest BCUT2D eigenvalue weighted by Crippen LogP contribution is -2.49.